The lowest BCUT2D eigenvalue weighted by Crippen LogP contribution is -2.27. The van der Waals surface area contributed by atoms with E-state index in [1.807, 2.05) is 0 Å². The number of benzene rings is 1. The molecule has 1 aromatic rings. The lowest BCUT2D eigenvalue weighted by molar-refractivity contribution is -0.0327. The van der Waals surface area contributed by atoms with Crippen LogP contribution in [-0.2, 0) is 0 Å². The summed E-state index contributed by atoms with van der Waals surface area (Å²) < 4.78 is 36.9. The molecule has 1 nitrogen and oxygen atoms in total. The van der Waals surface area contributed by atoms with Gasteiger partial charge in [-0.05, 0) is 43.2 Å². The van der Waals surface area contributed by atoms with Crippen LogP contribution in [0.4, 0.5) is 18.9 Å². The lowest BCUT2D eigenvalue weighted by Gasteiger charge is -2.28. The highest BCUT2D eigenvalue weighted by Crippen LogP contribution is 2.41. The molecule has 0 spiro atoms. The third kappa shape index (κ3) is 3.07. The Morgan fingerprint density at radius 3 is 2.44 bits per heavy atom. The maximum absolute atomic E-state index is 12.3. The second-order valence-corrected chi connectivity index (χ2v) is 4.92. The van der Waals surface area contributed by atoms with Gasteiger partial charge in [-0.15, -0.1) is 0 Å². The third-order valence-corrected chi connectivity index (χ3v) is 3.38. The number of hydrogen-bond acceptors (Lipinski definition) is 2. The van der Waals surface area contributed by atoms with Crippen molar-refractivity contribution in [3.8, 4) is 0 Å². The van der Waals surface area contributed by atoms with Crippen molar-refractivity contribution in [1.29, 1.82) is 0 Å². The zero-order valence-electron chi connectivity index (χ0n) is 8.55. The number of hydrogen-bond donors (Lipinski definition) is 1. The summed E-state index contributed by atoms with van der Waals surface area (Å²) in [6.45, 7) is 0. The first kappa shape index (κ1) is 11.6. The Hall–Kier alpha value is -0.840. The Morgan fingerprint density at radius 1 is 1.19 bits per heavy atom. The van der Waals surface area contributed by atoms with Crippen molar-refractivity contribution in [3.05, 3.63) is 24.3 Å². The van der Waals surface area contributed by atoms with Crippen LogP contribution < -0.4 is 5.32 Å². The number of alkyl halides is 3. The van der Waals surface area contributed by atoms with Gasteiger partial charge in [-0.3, -0.25) is 0 Å². The van der Waals surface area contributed by atoms with Gasteiger partial charge < -0.3 is 5.32 Å². The van der Waals surface area contributed by atoms with E-state index in [1.54, 1.807) is 18.2 Å². The normalized spacial score (nSPS) is 16.9. The Balaban J connectivity index is 2.09. The van der Waals surface area contributed by atoms with Gasteiger partial charge in [0, 0.05) is 16.6 Å². The Kier molecular flexibility index (Phi) is 3.33. The zero-order chi connectivity index (χ0) is 11.6. The standard InChI is InChI=1S/C11H12F3NS/c12-11(13,14)16-10-7-2-1-6-9(10)15-8-4-3-5-8/h1-2,6-8,15H,3-5H2. The number of nitrogens with one attached hydrogen (secondary N) is 1. The molecule has 0 atom stereocenters. The van der Waals surface area contributed by atoms with Crippen molar-refractivity contribution >= 4 is 17.4 Å². The Labute approximate surface area is 96.4 Å². The van der Waals surface area contributed by atoms with E-state index >= 15 is 0 Å². The number of para-hydroxylation sites is 1. The average molecular weight is 247 g/mol. The van der Waals surface area contributed by atoms with Crippen LogP contribution in [0, 0.1) is 0 Å². The van der Waals surface area contributed by atoms with Gasteiger partial charge in [-0.2, -0.15) is 13.2 Å². The minimum atomic E-state index is -4.22. The van der Waals surface area contributed by atoms with E-state index in [9.17, 15) is 13.2 Å². The summed E-state index contributed by atoms with van der Waals surface area (Å²) in [7, 11) is 0. The third-order valence-electron chi connectivity index (χ3n) is 2.58. The Bertz CT molecular complexity index is 360. The molecule has 1 fully saturated rings. The van der Waals surface area contributed by atoms with Gasteiger partial charge in [-0.1, -0.05) is 12.1 Å². The summed E-state index contributed by atoms with van der Waals surface area (Å²) >= 11 is -0.0586. The van der Waals surface area contributed by atoms with E-state index in [1.165, 1.54) is 6.07 Å². The van der Waals surface area contributed by atoms with Crippen LogP contribution in [-0.4, -0.2) is 11.6 Å². The largest absolute Gasteiger partial charge is 0.446 e. The minimum Gasteiger partial charge on any atom is -0.381 e. The fourth-order valence-electron chi connectivity index (χ4n) is 1.57. The highest BCUT2D eigenvalue weighted by molar-refractivity contribution is 8.00. The predicted octanol–water partition coefficient (Wildman–Crippen LogP) is 4.26. The quantitative estimate of drug-likeness (QED) is 0.801. The number of rotatable bonds is 3. The fraction of sp³-hybridized carbons (Fsp3) is 0.455. The van der Waals surface area contributed by atoms with Crippen LogP contribution in [0.2, 0.25) is 0 Å². The monoisotopic (exact) mass is 247 g/mol. The van der Waals surface area contributed by atoms with Crippen LogP contribution in [0.3, 0.4) is 0 Å². The van der Waals surface area contributed by atoms with Crippen LogP contribution in [0.15, 0.2) is 29.2 Å². The summed E-state index contributed by atoms with van der Waals surface area (Å²) in [6, 6.07) is 6.92. The molecule has 0 saturated heterocycles. The highest BCUT2D eigenvalue weighted by Gasteiger charge is 2.30. The second kappa shape index (κ2) is 4.57. The molecule has 0 bridgehead atoms. The van der Waals surface area contributed by atoms with Crippen molar-refractivity contribution < 1.29 is 13.2 Å². The molecule has 0 aromatic heterocycles. The van der Waals surface area contributed by atoms with E-state index in [2.05, 4.69) is 5.32 Å². The molecular formula is C11H12F3NS. The zero-order valence-corrected chi connectivity index (χ0v) is 9.37. The van der Waals surface area contributed by atoms with Crippen molar-refractivity contribution in [3.63, 3.8) is 0 Å². The SMILES string of the molecule is FC(F)(F)Sc1ccccc1NC1CCC1. The molecule has 1 aliphatic rings. The summed E-state index contributed by atoms with van der Waals surface area (Å²) in [6.07, 6.45) is 3.25. The molecule has 2 rings (SSSR count). The number of halogens is 3. The predicted molar refractivity (Wildman–Crippen MR) is 59.6 cm³/mol. The van der Waals surface area contributed by atoms with Gasteiger partial charge in [0.05, 0.1) is 0 Å². The van der Waals surface area contributed by atoms with Crippen molar-refractivity contribution in [2.75, 3.05) is 5.32 Å². The first-order chi connectivity index (χ1) is 7.54. The molecule has 0 aliphatic heterocycles. The smallest absolute Gasteiger partial charge is 0.381 e. The first-order valence-electron chi connectivity index (χ1n) is 5.16. The molecule has 1 saturated carbocycles. The van der Waals surface area contributed by atoms with Gasteiger partial charge in [0.15, 0.2) is 0 Å². The van der Waals surface area contributed by atoms with Crippen LogP contribution in [0.5, 0.6) is 0 Å². The molecule has 1 aliphatic carbocycles. The van der Waals surface area contributed by atoms with Crippen molar-refractivity contribution in [2.45, 2.75) is 35.7 Å². The van der Waals surface area contributed by atoms with Gasteiger partial charge >= 0.3 is 5.51 Å². The van der Waals surface area contributed by atoms with E-state index < -0.39 is 5.51 Å². The summed E-state index contributed by atoms with van der Waals surface area (Å²) in [5.41, 5.74) is -3.63. The molecular weight excluding hydrogens is 235 g/mol. The molecule has 1 aromatic carbocycles. The van der Waals surface area contributed by atoms with Gasteiger partial charge in [0.2, 0.25) is 0 Å². The summed E-state index contributed by atoms with van der Waals surface area (Å²) in [4.78, 5) is 0.252. The minimum absolute atomic E-state index is 0.0586. The molecule has 0 heterocycles. The number of anilines is 1. The lowest BCUT2D eigenvalue weighted by atomic mass is 9.93. The van der Waals surface area contributed by atoms with Gasteiger partial charge in [0.25, 0.3) is 0 Å². The number of thioether (sulfide) groups is 1. The average Bonchev–Trinajstić information content (AvgIpc) is 2.11. The second-order valence-electron chi connectivity index (χ2n) is 3.82. The highest BCUT2D eigenvalue weighted by atomic mass is 32.2. The summed E-state index contributed by atoms with van der Waals surface area (Å²) in [5.74, 6) is 0. The molecule has 0 radical (unpaired) electrons. The van der Waals surface area contributed by atoms with Crippen molar-refractivity contribution in [2.24, 2.45) is 0 Å². The van der Waals surface area contributed by atoms with Crippen molar-refractivity contribution in [1.82, 2.24) is 0 Å². The van der Waals surface area contributed by atoms with Crippen LogP contribution in [0.25, 0.3) is 0 Å². The molecule has 16 heavy (non-hydrogen) atoms. The molecule has 0 unspecified atom stereocenters. The van der Waals surface area contributed by atoms with E-state index in [4.69, 9.17) is 0 Å². The maximum atomic E-state index is 12.3. The Morgan fingerprint density at radius 2 is 1.88 bits per heavy atom. The molecule has 5 heteroatoms. The van der Waals surface area contributed by atoms with Gasteiger partial charge in [0.1, 0.15) is 0 Å². The van der Waals surface area contributed by atoms with Gasteiger partial charge in [-0.25, -0.2) is 0 Å². The maximum Gasteiger partial charge on any atom is 0.446 e. The van der Waals surface area contributed by atoms with Crippen LogP contribution in [0.1, 0.15) is 19.3 Å². The van der Waals surface area contributed by atoms with E-state index in [-0.39, 0.29) is 16.7 Å². The molecule has 1 N–H and O–H groups in total. The topological polar surface area (TPSA) is 12.0 Å². The molecule has 88 valence electrons. The van der Waals surface area contributed by atoms with E-state index in [0.29, 0.717) is 11.7 Å². The van der Waals surface area contributed by atoms with E-state index in [0.717, 1.165) is 19.3 Å². The molecule has 0 amide bonds. The van der Waals surface area contributed by atoms with Crippen LogP contribution >= 0.6 is 11.8 Å². The summed E-state index contributed by atoms with van der Waals surface area (Å²) in [5, 5.41) is 3.15. The first-order valence-corrected chi connectivity index (χ1v) is 5.97. The fourth-order valence-corrected chi connectivity index (χ4v) is 2.20.